The first-order valence-corrected chi connectivity index (χ1v) is 16.6. The fourth-order valence-electron chi connectivity index (χ4n) is 5.83. The molecule has 1 amide bonds. The van der Waals surface area contributed by atoms with Crippen LogP contribution in [0, 0.1) is 5.92 Å². The number of sulfonamides is 1. The van der Waals surface area contributed by atoms with Crippen molar-refractivity contribution in [2.75, 3.05) is 40.0 Å². The molecule has 5 atom stereocenters. The summed E-state index contributed by atoms with van der Waals surface area (Å²) < 4.78 is 57.6. The first kappa shape index (κ1) is 32.4. The van der Waals surface area contributed by atoms with Gasteiger partial charge in [0, 0.05) is 18.7 Å². The molecule has 0 bridgehead atoms. The molecule has 5 rings (SSSR count). The predicted molar refractivity (Wildman–Crippen MR) is 162 cm³/mol. The Balaban J connectivity index is 1.37. The summed E-state index contributed by atoms with van der Waals surface area (Å²) in [7, 11) is -2.54. The Bertz CT molecular complexity index is 1370. The second-order valence-corrected chi connectivity index (χ2v) is 13.2. The number of allylic oxidation sites excluding steroid dienone is 1. The zero-order valence-corrected chi connectivity index (χ0v) is 25.8. The quantitative estimate of drug-likeness (QED) is 0.421. The minimum absolute atomic E-state index is 0.0348. The van der Waals surface area contributed by atoms with E-state index in [2.05, 4.69) is 5.32 Å². The van der Waals surface area contributed by atoms with Gasteiger partial charge in [0.05, 0.1) is 56.5 Å². The van der Waals surface area contributed by atoms with Gasteiger partial charge in [0.1, 0.15) is 11.9 Å². The van der Waals surface area contributed by atoms with E-state index in [0.717, 1.165) is 24.8 Å². The molecule has 2 fully saturated rings. The zero-order valence-electron chi connectivity index (χ0n) is 25.0. The summed E-state index contributed by atoms with van der Waals surface area (Å²) in [5, 5.41) is 14.4. The third-order valence-corrected chi connectivity index (χ3v) is 10.2. The molecule has 2 aromatic rings. The molecule has 0 aromatic heterocycles. The van der Waals surface area contributed by atoms with Crippen molar-refractivity contribution in [3.05, 3.63) is 71.8 Å². The first-order valence-electron chi connectivity index (χ1n) is 15.2. The number of hydrogen-bond acceptors (Lipinski definition) is 9. The number of alkyl carbamates (subject to hydrolysis) is 1. The van der Waals surface area contributed by atoms with Crippen molar-refractivity contribution in [3.8, 4) is 5.75 Å². The number of carbonyl (C=O) groups excluding carboxylic acids is 1. The van der Waals surface area contributed by atoms with E-state index < -0.39 is 34.4 Å². The highest BCUT2D eigenvalue weighted by Crippen LogP contribution is 2.33. The second kappa shape index (κ2) is 15.3. The minimum atomic E-state index is -4.06. The van der Waals surface area contributed by atoms with E-state index in [0.29, 0.717) is 30.9 Å². The predicted octanol–water partition coefficient (Wildman–Crippen LogP) is 3.40. The molecule has 2 aromatic carbocycles. The Labute approximate surface area is 259 Å². The van der Waals surface area contributed by atoms with Crippen molar-refractivity contribution in [3.63, 3.8) is 0 Å². The van der Waals surface area contributed by atoms with Gasteiger partial charge in [0.25, 0.3) is 0 Å². The molecule has 0 unspecified atom stereocenters. The molecule has 3 aliphatic rings. The third-order valence-electron chi connectivity index (χ3n) is 8.25. The van der Waals surface area contributed by atoms with Crippen LogP contribution in [-0.4, -0.2) is 88.5 Å². The number of carbonyl (C=O) groups is 1. The standard InChI is InChI=1S/C32H42N2O9S/c1-39-25-12-13-30-24(19-25)21-40-16-9-4-2-3-8-15-34(44(30,37)38)20-28(35)27(18-23-10-6-5-7-11-23)33-32(36)43-29-22-42-31-26(29)14-17-41-31/h4-7,9-13,19,26-29,31,35H,2-3,8,14-18,20-22H2,1H3,(H,33,36)/b9-4+/t26-,27-,28+,29-,31+/m0/s1. The van der Waals surface area contributed by atoms with Crippen LogP contribution in [0.15, 0.2) is 65.6 Å². The highest BCUT2D eigenvalue weighted by molar-refractivity contribution is 7.89. The van der Waals surface area contributed by atoms with Crippen molar-refractivity contribution >= 4 is 16.1 Å². The molecular weight excluding hydrogens is 588 g/mol. The van der Waals surface area contributed by atoms with Crippen LogP contribution in [0.25, 0.3) is 0 Å². The van der Waals surface area contributed by atoms with Crippen molar-refractivity contribution in [1.82, 2.24) is 9.62 Å². The summed E-state index contributed by atoms with van der Waals surface area (Å²) >= 11 is 0. The van der Waals surface area contributed by atoms with E-state index in [1.54, 1.807) is 12.1 Å². The Kier molecular flexibility index (Phi) is 11.3. The lowest BCUT2D eigenvalue weighted by molar-refractivity contribution is -0.0907. The number of rotatable bonds is 8. The topological polar surface area (TPSA) is 133 Å². The van der Waals surface area contributed by atoms with Crippen molar-refractivity contribution in [2.24, 2.45) is 5.92 Å². The number of amides is 1. The third kappa shape index (κ3) is 8.17. The van der Waals surface area contributed by atoms with E-state index >= 15 is 0 Å². The van der Waals surface area contributed by atoms with Gasteiger partial charge < -0.3 is 34.1 Å². The van der Waals surface area contributed by atoms with Gasteiger partial charge in [-0.05, 0) is 55.9 Å². The van der Waals surface area contributed by atoms with Gasteiger partial charge in [-0.3, -0.25) is 0 Å². The van der Waals surface area contributed by atoms with Gasteiger partial charge in [-0.15, -0.1) is 0 Å². The van der Waals surface area contributed by atoms with Crippen LogP contribution in [0.2, 0.25) is 0 Å². The van der Waals surface area contributed by atoms with Gasteiger partial charge in [-0.25, -0.2) is 13.2 Å². The first-order chi connectivity index (χ1) is 21.3. The number of aliphatic hydroxyl groups excluding tert-OH is 1. The monoisotopic (exact) mass is 630 g/mol. The van der Waals surface area contributed by atoms with E-state index in [1.165, 1.54) is 17.5 Å². The molecule has 2 saturated heterocycles. The zero-order chi connectivity index (χ0) is 30.9. The van der Waals surface area contributed by atoms with Gasteiger partial charge >= 0.3 is 6.09 Å². The number of fused-ring (bicyclic) bond motifs is 2. The van der Waals surface area contributed by atoms with E-state index in [4.69, 9.17) is 23.7 Å². The Morgan fingerprint density at radius 1 is 1.14 bits per heavy atom. The summed E-state index contributed by atoms with van der Waals surface area (Å²) in [4.78, 5) is 13.2. The lowest BCUT2D eigenvalue weighted by Crippen LogP contribution is -2.51. The van der Waals surface area contributed by atoms with Crippen LogP contribution in [-0.2, 0) is 42.0 Å². The normalized spacial score (nSPS) is 26.1. The molecule has 0 aliphatic carbocycles. The van der Waals surface area contributed by atoms with E-state index in [1.807, 2.05) is 42.5 Å². The molecule has 240 valence electrons. The number of methoxy groups -OCH3 is 1. The molecule has 0 radical (unpaired) electrons. The summed E-state index contributed by atoms with van der Waals surface area (Å²) in [6, 6.07) is 13.4. The SMILES string of the molecule is COc1ccc2c(c1)COC/C=C/CCCCN(C[C@@H](O)[C@H](Cc1ccccc1)NC(=O)O[C@H]1CO[C@H]3OCC[C@H]31)S2(=O)=O. The maximum Gasteiger partial charge on any atom is 0.407 e. The van der Waals surface area contributed by atoms with E-state index in [9.17, 15) is 18.3 Å². The van der Waals surface area contributed by atoms with Gasteiger partial charge in [0.2, 0.25) is 10.0 Å². The number of benzene rings is 2. The maximum atomic E-state index is 14.2. The Hall–Kier alpha value is -3.00. The van der Waals surface area contributed by atoms with Crippen LogP contribution in [0.1, 0.15) is 36.8 Å². The molecule has 3 aliphatic heterocycles. The van der Waals surface area contributed by atoms with Crippen molar-refractivity contribution in [2.45, 2.75) is 68.1 Å². The van der Waals surface area contributed by atoms with Gasteiger partial charge in [-0.1, -0.05) is 42.5 Å². The highest BCUT2D eigenvalue weighted by Gasteiger charge is 2.44. The number of ether oxygens (including phenoxy) is 5. The molecule has 2 N–H and O–H groups in total. The minimum Gasteiger partial charge on any atom is -0.497 e. The Morgan fingerprint density at radius 3 is 2.80 bits per heavy atom. The molecule has 0 spiro atoms. The molecule has 3 heterocycles. The molecular formula is C32H42N2O9S. The van der Waals surface area contributed by atoms with Crippen LogP contribution in [0.5, 0.6) is 5.75 Å². The number of hydrogen-bond donors (Lipinski definition) is 2. The smallest absolute Gasteiger partial charge is 0.407 e. The summed E-state index contributed by atoms with van der Waals surface area (Å²) in [5.74, 6) is 0.482. The largest absolute Gasteiger partial charge is 0.497 e. The van der Waals surface area contributed by atoms with Crippen molar-refractivity contribution < 1.29 is 42.0 Å². The fraction of sp³-hybridized carbons (Fsp3) is 0.531. The van der Waals surface area contributed by atoms with Crippen molar-refractivity contribution in [1.29, 1.82) is 0 Å². The molecule has 44 heavy (non-hydrogen) atoms. The van der Waals surface area contributed by atoms with Crippen LogP contribution >= 0.6 is 0 Å². The van der Waals surface area contributed by atoms with Crippen LogP contribution in [0.3, 0.4) is 0 Å². The van der Waals surface area contributed by atoms with Crippen LogP contribution in [0.4, 0.5) is 4.79 Å². The Morgan fingerprint density at radius 2 is 1.98 bits per heavy atom. The summed E-state index contributed by atoms with van der Waals surface area (Å²) in [6.07, 6.45) is 4.34. The van der Waals surface area contributed by atoms with Gasteiger partial charge in [0.15, 0.2) is 6.29 Å². The highest BCUT2D eigenvalue weighted by atomic mass is 32.2. The maximum absolute atomic E-state index is 14.2. The number of aliphatic hydroxyl groups is 1. The number of β-amino-alcohol motifs (C(OH)–C–C–N with tert-alkyl or cyclic N) is 1. The lowest BCUT2D eigenvalue weighted by Gasteiger charge is -2.30. The molecule has 11 nitrogen and oxygen atoms in total. The van der Waals surface area contributed by atoms with Gasteiger partial charge in [-0.2, -0.15) is 4.31 Å². The number of nitrogens with zero attached hydrogens (tertiary/aromatic N) is 1. The summed E-state index contributed by atoms with van der Waals surface area (Å²) in [5.41, 5.74) is 1.34. The second-order valence-electron chi connectivity index (χ2n) is 11.3. The molecule has 12 heteroatoms. The average molecular weight is 631 g/mol. The fourth-order valence-corrected chi connectivity index (χ4v) is 7.51. The summed E-state index contributed by atoms with van der Waals surface area (Å²) in [6.45, 7) is 1.20. The lowest BCUT2D eigenvalue weighted by atomic mass is 10.0. The van der Waals surface area contributed by atoms with E-state index in [-0.39, 0.29) is 49.8 Å². The van der Waals surface area contributed by atoms with Crippen LogP contribution < -0.4 is 10.1 Å². The average Bonchev–Trinajstić information content (AvgIpc) is 3.64. The molecule has 0 saturated carbocycles. The number of nitrogens with one attached hydrogen (secondary N) is 1.